The first-order chi connectivity index (χ1) is 8.75. The van der Waals surface area contributed by atoms with E-state index in [1.165, 1.54) is 32.1 Å². The summed E-state index contributed by atoms with van der Waals surface area (Å²) >= 11 is 3.29. The highest BCUT2D eigenvalue weighted by Crippen LogP contribution is 2.36. The monoisotopic (exact) mass is 311 g/mol. The molecular weight excluding hydrogens is 294 g/mol. The molecule has 1 aromatic rings. The summed E-state index contributed by atoms with van der Waals surface area (Å²) in [6, 6.07) is 1.75. The lowest BCUT2D eigenvalue weighted by Crippen LogP contribution is -2.44. The van der Waals surface area contributed by atoms with Crippen LogP contribution < -0.4 is 0 Å². The molecule has 98 valence electrons. The highest BCUT2D eigenvalue weighted by Gasteiger charge is 2.33. The van der Waals surface area contributed by atoms with E-state index in [2.05, 4.69) is 15.9 Å². The maximum absolute atomic E-state index is 12.4. The van der Waals surface area contributed by atoms with Gasteiger partial charge in [-0.2, -0.15) is 0 Å². The van der Waals surface area contributed by atoms with Gasteiger partial charge in [-0.25, -0.2) is 0 Å². The van der Waals surface area contributed by atoms with Gasteiger partial charge in [0.1, 0.15) is 0 Å². The number of piperidine rings is 1. The number of carbonyl (C=O) groups is 1. The molecule has 0 N–H and O–H groups in total. The molecule has 0 bridgehead atoms. The molecule has 3 rings (SSSR count). The number of hydrogen-bond donors (Lipinski definition) is 0. The molecule has 2 heterocycles. The van der Waals surface area contributed by atoms with Gasteiger partial charge in [0.05, 0.1) is 11.8 Å². The van der Waals surface area contributed by atoms with E-state index >= 15 is 0 Å². The largest absolute Gasteiger partial charge is 0.457 e. The van der Waals surface area contributed by atoms with Gasteiger partial charge in [0.15, 0.2) is 4.67 Å². The lowest BCUT2D eigenvalue weighted by atomic mass is 9.75. The van der Waals surface area contributed by atoms with Gasteiger partial charge in [0, 0.05) is 13.1 Å². The Morgan fingerprint density at radius 2 is 2.06 bits per heavy atom. The number of fused-ring (bicyclic) bond motifs is 1. The lowest BCUT2D eigenvalue weighted by Gasteiger charge is -2.41. The predicted octanol–water partition coefficient (Wildman–Crippen LogP) is 3.69. The van der Waals surface area contributed by atoms with Gasteiger partial charge in [0.25, 0.3) is 5.91 Å². The zero-order valence-corrected chi connectivity index (χ0v) is 12.0. The molecule has 1 amide bonds. The Morgan fingerprint density at radius 3 is 2.78 bits per heavy atom. The van der Waals surface area contributed by atoms with Crippen molar-refractivity contribution in [2.45, 2.75) is 32.1 Å². The predicted molar refractivity (Wildman–Crippen MR) is 72.4 cm³/mol. The molecule has 0 spiro atoms. The van der Waals surface area contributed by atoms with Crippen molar-refractivity contribution in [1.29, 1.82) is 0 Å². The van der Waals surface area contributed by atoms with Crippen molar-refractivity contribution >= 4 is 21.8 Å². The van der Waals surface area contributed by atoms with Gasteiger partial charge in [-0.15, -0.1) is 0 Å². The van der Waals surface area contributed by atoms with E-state index < -0.39 is 0 Å². The van der Waals surface area contributed by atoms with Crippen LogP contribution in [-0.4, -0.2) is 23.9 Å². The van der Waals surface area contributed by atoms with Gasteiger partial charge in [0.2, 0.25) is 0 Å². The number of likely N-dealkylation sites (tertiary alicyclic amines) is 1. The highest BCUT2D eigenvalue weighted by atomic mass is 79.9. The fourth-order valence-electron chi connectivity index (χ4n) is 3.40. The minimum Gasteiger partial charge on any atom is -0.457 e. The standard InChI is InChI=1S/C14H18BrNO2/c15-13-12(6-8-18-13)14(17)16-7-5-10-3-1-2-4-11(10)9-16/h6,8,10-11H,1-5,7,9H2. The Balaban J connectivity index is 1.70. The average Bonchev–Trinajstić information content (AvgIpc) is 2.83. The molecule has 1 aliphatic heterocycles. The fraction of sp³-hybridized carbons (Fsp3) is 0.643. The van der Waals surface area contributed by atoms with Crippen LogP contribution >= 0.6 is 15.9 Å². The van der Waals surface area contributed by atoms with Crippen molar-refractivity contribution in [2.75, 3.05) is 13.1 Å². The van der Waals surface area contributed by atoms with Gasteiger partial charge in [-0.05, 0) is 46.7 Å². The van der Waals surface area contributed by atoms with Crippen LogP contribution in [0.3, 0.4) is 0 Å². The molecule has 1 aliphatic carbocycles. The van der Waals surface area contributed by atoms with Crippen molar-refractivity contribution in [3.8, 4) is 0 Å². The number of amides is 1. The number of hydrogen-bond acceptors (Lipinski definition) is 2. The average molecular weight is 312 g/mol. The summed E-state index contributed by atoms with van der Waals surface area (Å²) in [7, 11) is 0. The second kappa shape index (κ2) is 5.08. The Hall–Kier alpha value is -0.770. The summed E-state index contributed by atoms with van der Waals surface area (Å²) in [6.07, 6.45) is 8.10. The quantitative estimate of drug-likeness (QED) is 0.792. The third kappa shape index (κ3) is 2.22. The number of nitrogens with zero attached hydrogens (tertiary/aromatic N) is 1. The lowest BCUT2D eigenvalue weighted by molar-refractivity contribution is 0.0519. The van der Waals surface area contributed by atoms with Crippen molar-refractivity contribution in [1.82, 2.24) is 4.90 Å². The molecule has 3 nitrogen and oxygen atoms in total. The molecule has 1 aromatic heterocycles. The van der Waals surface area contributed by atoms with Gasteiger partial charge in [-0.1, -0.05) is 19.3 Å². The minimum absolute atomic E-state index is 0.111. The zero-order valence-electron chi connectivity index (χ0n) is 10.4. The smallest absolute Gasteiger partial charge is 0.258 e. The SMILES string of the molecule is O=C(c1ccoc1Br)N1CCC2CCCCC2C1. The van der Waals surface area contributed by atoms with Gasteiger partial charge < -0.3 is 9.32 Å². The van der Waals surface area contributed by atoms with Crippen LogP contribution in [0.15, 0.2) is 21.4 Å². The van der Waals surface area contributed by atoms with E-state index in [0.29, 0.717) is 10.2 Å². The second-order valence-electron chi connectivity index (χ2n) is 5.45. The molecule has 0 radical (unpaired) electrons. The minimum atomic E-state index is 0.111. The number of halogens is 1. The highest BCUT2D eigenvalue weighted by molar-refractivity contribution is 9.10. The summed E-state index contributed by atoms with van der Waals surface area (Å²) in [6.45, 7) is 1.83. The molecule has 2 unspecified atom stereocenters. The molecule has 2 fully saturated rings. The van der Waals surface area contributed by atoms with E-state index in [4.69, 9.17) is 4.42 Å². The summed E-state index contributed by atoms with van der Waals surface area (Å²) in [5.74, 6) is 1.69. The first kappa shape index (κ1) is 12.3. The molecule has 4 heteroatoms. The maximum Gasteiger partial charge on any atom is 0.258 e. The molecule has 2 aliphatic rings. The van der Waals surface area contributed by atoms with Crippen LogP contribution in [0.1, 0.15) is 42.5 Å². The summed E-state index contributed by atoms with van der Waals surface area (Å²) in [5, 5.41) is 0. The summed E-state index contributed by atoms with van der Waals surface area (Å²) < 4.78 is 5.71. The van der Waals surface area contributed by atoms with E-state index in [1.807, 2.05) is 4.90 Å². The van der Waals surface area contributed by atoms with Gasteiger partial charge in [-0.3, -0.25) is 4.79 Å². The van der Waals surface area contributed by atoms with Crippen molar-refractivity contribution in [3.63, 3.8) is 0 Å². The molecular formula is C14H18BrNO2. The van der Waals surface area contributed by atoms with Crippen LogP contribution in [0.4, 0.5) is 0 Å². The normalized spacial score (nSPS) is 27.9. The molecule has 1 saturated carbocycles. The Kier molecular flexibility index (Phi) is 3.46. The third-order valence-electron chi connectivity index (χ3n) is 4.43. The van der Waals surface area contributed by atoms with Crippen molar-refractivity contribution < 1.29 is 9.21 Å². The van der Waals surface area contributed by atoms with Crippen molar-refractivity contribution in [2.24, 2.45) is 11.8 Å². The number of rotatable bonds is 1. The van der Waals surface area contributed by atoms with E-state index in [9.17, 15) is 4.79 Å². The van der Waals surface area contributed by atoms with Crippen molar-refractivity contribution in [3.05, 3.63) is 22.6 Å². The Labute approximate surface area is 116 Å². The summed E-state index contributed by atoms with van der Waals surface area (Å²) in [4.78, 5) is 14.4. The Morgan fingerprint density at radius 1 is 1.28 bits per heavy atom. The van der Waals surface area contributed by atoms with Crippen LogP contribution in [0.5, 0.6) is 0 Å². The summed E-state index contributed by atoms with van der Waals surface area (Å²) in [5.41, 5.74) is 0.657. The number of furan rings is 1. The third-order valence-corrected chi connectivity index (χ3v) is 5.04. The van der Waals surface area contributed by atoms with Crippen LogP contribution in [0, 0.1) is 11.8 Å². The molecule has 1 saturated heterocycles. The molecule has 18 heavy (non-hydrogen) atoms. The second-order valence-corrected chi connectivity index (χ2v) is 6.17. The number of carbonyl (C=O) groups excluding carboxylic acids is 1. The van der Waals surface area contributed by atoms with Crippen LogP contribution in [0.2, 0.25) is 0 Å². The first-order valence-corrected chi connectivity index (χ1v) is 7.57. The molecule has 2 atom stereocenters. The fourth-order valence-corrected chi connectivity index (χ4v) is 3.81. The topological polar surface area (TPSA) is 33.5 Å². The first-order valence-electron chi connectivity index (χ1n) is 6.78. The van der Waals surface area contributed by atoms with E-state index in [-0.39, 0.29) is 5.91 Å². The zero-order chi connectivity index (χ0) is 12.5. The van der Waals surface area contributed by atoms with Crippen LogP contribution in [-0.2, 0) is 0 Å². The maximum atomic E-state index is 12.4. The van der Waals surface area contributed by atoms with E-state index in [1.54, 1.807) is 12.3 Å². The van der Waals surface area contributed by atoms with Gasteiger partial charge >= 0.3 is 0 Å². The van der Waals surface area contributed by atoms with Crippen LogP contribution in [0.25, 0.3) is 0 Å². The molecule has 0 aromatic carbocycles. The van der Waals surface area contributed by atoms with E-state index in [0.717, 1.165) is 24.9 Å². The Bertz CT molecular complexity index is 443.